The second kappa shape index (κ2) is 6.50. The predicted octanol–water partition coefficient (Wildman–Crippen LogP) is 3.18. The summed E-state index contributed by atoms with van der Waals surface area (Å²) in [5.74, 6) is 0. The summed E-state index contributed by atoms with van der Waals surface area (Å²) in [6.07, 6.45) is 7.52. The van der Waals surface area contributed by atoms with E-state index in [2.05, 4.69) is 37.0 Å². The Bertz CT molecular complexity index is 165. The van der Waals surface area contributed by atoms with Crippen molar-refractivity contribution < 1.29 is 0 Å². The number of nitrogens with one attached hydrogen (secondary N) is 1. The van der Waals surface area contributed by atoms with Gasteiger partial charge in [0.2, 0.25) is 0 Å². The fourth-order valence-electron chi connectivity index (χ4n) is 1.50. The van der Waals surface area contributed by atoms with E-state index in [4.69, 9.17) is 0 Å². The lowest BCUT2D eigenvalue weighted by Gasteiger charge is -2.04. The Balaban J connectivity index is 1.94. The van der Waals surface area contributed by atoms with Gasteiger partial charge in [0.15, 0.2) is 0 Å². The summed E-state index contributed by atoms with van der Waals surface area (Å²) >= 11 is 2.06. The number of hydrogen-bond donors (Lipinski definition) is 1. The molecule has 0 amide bonds. The molecule has 0 aliphatic carbocycles. The van der Waals surface area contributed by atoms with Crippen molar-refractivity contribution in [1.29, 1.82) is 0 Å². The van der Waals surface area contributed by atoms with Gasteiger partial charge in [0.1, 0.15) is 0 Å². The van der Waals surface area contributed by atoms with E-state index in [1.165, 1.54) is 38.8 Å². The molecule has 0 saturated carbocycles. The maximum Gasteiger partial charge on any atom is 0.00976 e. The van der Waals surface area contributed by atoms with E-state index in [1.54, 1.807) is 4.91 Å². The van der Waals surface area contributed by atoms with E-state index in [9.17, 15) is 0 Å². The molecule has 13 heavy (non-hydrogen) atoms. The molecule has 0 aromatic rings. The van der Waals surface area contributed by atoms with Gasteiger partial charge >= 0.3 is 0 Å². The van der Waals surface area contributed by atoms with Crippen molar-refractivity contribution >= 4 is 11.8 Å². The molecule has 1 nitrogen and oxygen atoms in total. The zero-order valence-electron chi connectivity index (χ0n) is 8.81. The highest BCUT2D eigenvalue weighted by atomic mass is 32.2. The highest BCUT2D eigenvalue weighted by Gasteiger charge is 2.11. The third-order valence-electron chi connectivity index (χ3n) is 2.23. The quantitative estimate of drug-likeness (QED) is 0.659. The SMILES string of the molecule is CCCNCCCC1=CC[C@@H](C)S1. The summed E-state index contributed by atoms with van der Waals surface area (Å²) in [5.41, 5.74) is 0. The van der Waals surface area contributed by atoms with Crippen molar-refractivity contribution in [3.63, 3.8) is 0 Å². The minimum atomic E-state index is 0.832. The first-order valence-corrected chi connectivity index (χ1v) is 6.27. The standard InChI is InChI=1S/C11H21NS/c1-3-8-12-9-4-5-11-7-6-10(2)13-11/h7,10,12H,3-6,8-9H2,1-2H3/t10-/m1/s1. The minimum Gasteiger partial charge on any atom is -0.317 e. The van der Waals surface area contributed by atoms with Crippen LogP contribution < -0.4 is 5.32 Å². The molecule has 0 spiro atoms. The molecule has 0 unspecified atom stereocenters. The molecule has 0 radical (unpaired) electrons. The van der Waals surface area contributed by atoms with Gasteiger partial charge in [0.05, 0.1) is 0 Å². The Hall–Kier alpha value is 0.0500. The molecule has 2 heteroatoms. The third-order valence-corrected chi connectivity index (χ3v) is 3.50. The Morgan fingerprint density at radius 1 is 1.54 bits per heavy atom. The molecule has 0 aromatic carbocycles. The highest BCUT2D eigenvalue weighted by Crippen LogP contribution is 2.34. The fraction of sp³-hybridized carbons (Fsp3) is 0.818. The summed E-state index contributed by atoms with van der Waals surface area (Å²) in [6.45, 7) is 6.87. The maximum atomic E-state index is 3.43. The lowest BCUT2D eigenvalue weighted by Crippen LogP contribution is -2.15. The van der Waals surface area contributed by atoms with E-state index in [0.717, 1.165) is 5.25 Å². The lowest BCUT2D eigenvalue weighted by molar-refractivity contribution is 0.643. The van der Waals surface area contributed by atoms with Crippen molar-refractivity contribution in [2.45, 2.75) is 44.8 Å². The van der Waals surface area contributed by atoms with Crippen LogP contribution in [0.3, 0.4) is 0 Å². The first-order valence-electron chi connectivity index (χ1n) is 5.39. The van der Waals surface area contributed by atoms with Crippen LogP contribution in [-0.4, -0.2) is 18.3 Å². The molecule has 1 heterocycles. The molecule has 1 aliphatic heterocycles. The number of hydrogen-bond acceptors (Lipinski definition) is 2. The molecular weight excluding hydrogens is 178 g/mol. The van der Waals surface area contributed by atoms with Crippen LogP contribution in [0.4, 0.5) is 0 Å². The van der Waals surface area contributed by atoms with Crippen LogP contribution in [-0.2, 0) is 0 Å². The highest BCUT2D eigenvalue weighted by molar-refractivity contribution is 8.03. The van der Waals surface area contributed by atoms with Gasteiger partial charge in [0, 0.05) is 5.25 Å². The molecular formula is C11H21NS. The molecule has 0 fully saturated rings. The Morgan fingerprint density at radius 3 is 3.00 bits per heavy atom. The van der Waals surface area contributed by atoms with Crippen molar-refractivity contribution in [1.82, 2.24) is 5.32 Å². The lowest BCUT2D eigenvalue weighted by atomic mass is 10.2. The van der Waals surface area contributed by atoms with E-state index < -0.39 is 0 Å². The average Bonchev–Trinajstić information content (AvgIpc) is 2.51. The summed E-state index contributed by atoms with van der Waals surface area (Å²) in [4.78, 5) is 1.62. The van der Waals surface area contributed by atoms with Crippen molar-refractivity contribution in [2.75, 3.05) is 13.1 Å². The summed E-state index contributed by atoms with van der Waals surface area (Å²) in [6, 6.07) is 0. The number of rotatable bonds is 6. The van der Waals surface area contributed by atoms with Gasteiger partial charge in [-0.2, -0.15) is 0 Å². The largest absolute Gasteiger partial charge is 0.317 e. The van der Waals surface area contributed by atoms with Crippen molar-refractivity contribution in [3.8, 4) is 0 Å². The first-order chi connectivity index (χ1) is 6.33. The van der Waals surface area contributed by atoms with E-state index >= 15 is 0 Å². The Kier molecular flexibility index (Phi) is 5.56. The van der Waals surface area contributed by atoms with Crippen LogP contribution in [0.5, 0.6) is 0 Å². The predicted molar refractivity (Wildman–Crippen MR) is 62.1 cm³/mol. The van der Waals surface area contributed by atoms with Gasteiger partial charge in [0.25, 0.3) is 0 Å². The molecule has 0 bridgehead atoms. The summed E-state index contributed by atoms with van der Waals surface area (Å²) in [5, 5.41) is 4.27. The Labute approximate surface area is 86.4 Å². The molecule has 1 rings (SSSR count). The molecule has 1 atom stereocenters. The molecule has 0 saturated heterocycles. The van der Waals surface area contributed by atoms with Crippen molar-refractivity contribution in [2.24, 2.45) is 0 Å². The van der Waals surface area contributed by atoms with Crippen molar-refractivity contribution in [3.05, 3.63) is 11.0 Å². The van der Waals surface area contributed by atoms with E-state index in [1.807, 2.05) is 0 Å². The van der Waals surface area contributed by atoms with Gasteiger partial charge in [-0.15, -0.1) is 11.8 Å². The zero-order chi connectivity index (χ0) is 9.52. The first kappa shape index (κ1) is 11.1. The number of allylic oxidation sites excluding steroid dienone is 2. The van der Waals surface area contributed by atoms with Gasteiger partial charge in [-0.1, -0.05) is 19.9 Å². The van der Waals surface area contributed by atoms with Gasteiger partial charge in [-0.3, -0.25) is 0 Å². The van der Waals surface area contributed by atoms with Crippen LogP contribution in [0.1, 0.15) is 39.5 Å². The average molecular weight is 199 g/mol. The molecule has 1 N–H and O–H groups in total. The molecule has 1 aliphatic rings. The smallest absolute Gasteiger partial charge is 0.00976 e. The van der Waals surface area contributed by atoms with E-state index in [-0.39, 0.29) is 0 Å². The zero-order valence-corrected chi connectivity index (χ0v) is 9.62. The minimum absolute atomic E-state index is 0.832. The summed E-state index contributed by atoms with van der Waals surface area (Å²) < 4.78 is 0. The maximum absolute atomic E-state index is 3.43. The van der Waals surface area contributed by atoms with Crippen LogP contribution >= 0.6 is 11.8 Å². The van der Waals surface area contributed by atoms with Crippen LogP contribution in [0.25, 0.3) is 0 Å². The molecule has 76 valence electrons. The topological polar surface area (TPSA) is 12.0 Å². The molecule has 0 aromatic heterocycles. The third kappa shape index (κ3) is 4.72. The van der Waals surface area contributed by atoms with Gasteiger partial charge in [-0.25, -0.2) is 0 Å². The monoisotopic (exact) mass is 199 g/mol. The van der Waals surface area contributed by atoms with Crippen LogP contribution in [0.2, 0.25) is 0 Å². The van der Waals surface area contributed by atoms with Crippen LogP contribution in [0.15, 0.2) is 11.0 Å². The Morgan fingerprint density at radius 2 is 2.38 bits per heavy atom. The summed E-state index contributed by atoms with van der Waals surface area (Å²) in [7, 11) is 0. The van der Waals surface area contributed by atoms with Gasteiger partial charge in [-0.05, 0) is 43.7 Å². The normalized spacial score (nSPS) is 22.0. The van der Waals surface area contributed by atoms with Gasteiger partial charge < -0.3 is 5.32 Å². The second-order valence-corrected chi connectivity index (χ2v) is 5.25. The van der Waals surface area contributed by atoms with E-state index in [0.29, 0.717) is 0 Å². The number of thioether (sulfide) groups is 1. The second-order valence-electron chi connectivity index (χ2n) is 3.69. The van der Waals surface area contributed by atoms with Crippen LogP contribution in [0, 0.1) is 0 Å². The fourth-order valence-corrected chi connectivity index (χ4v) is 2.67.